The summed E-state index contributed by atoms with van der Waals surface area (Å²) >= 11 is 0. The Bertz CT molecular complexity index is 2070. The second-order valence-corrected chi connectivity index (χ2v) is 19.5. The molecule has 0 unspecified atom stereocenters. The van der Waals surface area contributed by atoms with Crippen LogP contribution in [0.5, 0.6) is 0 Å². The van der Waals surface area contributed by atoms with Crippen molar-refractivity contribution >= 4 is 60.0 Å². The van der Waals surface area contributed by atoms with E-state index < -0.39 is 132 Å². The van der Waals surface area contributed by atoms with E-state index in [2.05, 4.69) is 36.2 Å². The minimum absolute atomic E-state index is 0.0386. The number of carbonyl (C=O) groups is 7. The fourth-order valence-electron chi connectivity index (χ4n) is 5.64. The summed E-state index contributed by atoms with van der Waals surface area (Å²) in [6, 6.07) is 0. The number of esters is 2. The quantitative estimate of drug-likeness (QED) is 0.0468. The first kappa shape index (κ1) is 58.7. The molecule has 0 saturated carbocycles. The Kier molecular flexibility index (Phi) is 22.0. The molecule has 1 fully saturated rings. The van der Waals surface area contributed by atoms with Gasteiger partial charge in [0.2, 0.25) is 5.96 Å². The van der Waals surface area contributed by atoms with Crippen molar-refractivity contribution in [2.75, 3.05) is 18.5 Å². The van der Waals surface area contributed by atoms with Crippen LogP contribution in [-0.4, -0.2) is 118 Å². The van der Waals surface area contributed by atoms with Crippen LogP contribution < -0.4 is 27.0 Å². The lowest BCUT2D eigenvalue weighted by molar-refractivity contribution is -0.168. The molecule has 4 N–H and O–H groups in total. The summed E-state index contributed by atoms with van der Waals surface area (Å²) in [5, 5.41) is 9.03. The largest absolute Gasteiger partial charge is 0.455 e. The summed E-state index contributed by atoms with van der Waals surface area (Å²) in [6.45, 7) is 22.4. The summed E-state index contributed by atoms with van der Waals surface area (Å²) in [7, 11) is 0. The molecule has 25 heteroatoms. The van der Waals surface area contributed by atoms with Gasteiger partial charge in [-0.3, -0.25) is 40.4 Å². The zero-order valence-electron chi connectivity index (χ0n) is 41.9. The molecule has 1 saturated heterocycles. The predicted octanol–water partition coefficient (Wildman–Crippen LogP) is 6.69. The van der Waals surface area contributed by atoms with Crippen molar-refractivity contribution < 1.29 is 75.8 Å². The van der Waals surface area contributed by atoms with Crippen LogP contribution in [0.3, 0.4) is 0 Å². The zero-order chi connectivity index (χ0) is 52.5. The molecule has 69 heavy (non-hydrogen) atoms. The molecule has 388 valence electrons. The number of ether oxygens (including phenoxy) is 8. The Morgan fingerprint density at radius 2 is 1.23 bits per heavy atom. The van der Waals surface area contributed by atoms with Crippen molar-refractivity contribution in [1.29, 1.82) is 0 Å². The van der Waals surface area contributed by atoms with Crippen LogP contribution >= 0.6 is 0 Å². The Hall–Kier alpha value is -6.40. The van der Waals surface area contributed by atoms with Crippen molar-refractivity contribution in [1.82, 2.24) is 25.5 Å². The van der Waals surface area contributed by atoms with Crippen molar-refractivity contribution in [3.63, 3.8) is 0 Å². The zero-order valence-corrected chi connectivity index (χ0v) is 41.9. The van der Waals surface area contributed by atoms with E-state index in [1.54, 1.807) is 83.1 Å². The number of carbonyl (C=O) groups excluding carboxylic acids is 7. The van der Waals surface area contributed by atoms with Crippen LogP contribution in [0.15, 0.2) is 21.0 Å². The van der Waals surface area contributed by atoms with E-state index >= 15 is 4.39 Å². The maximum absolute atomic E-state index is 15.5. The molecule has 0 bridgehead atoms. The number of nitrogens with one attached hydrogen (secondary N) is 4. The van der Waals surface area contributed by atoms with Crippen molar-refractivity contribution in [3.05, 3.63) is 22.5 Å². The van der Waals surface area contributed by atoms with Crippen LogP contribution in [0.25, 0.3) is 0 Å². The lowest BCUT2D eigenvalue weighted by atomic mass is 10.1. The number of guanidine groups is 1. The number of amides is 5. The number of nitrogens with zero attached hydrogens (tertiary/aromatic N) is 4. The van der Waals surface area contributed by atoms with E-state index in [9.17, 15) is 38.4 Å². The van der Waals surface area contributed by atoms with Gasteiger partial charge in [0.05, 0.1) is 31.9 Å². The van der Waals surface area contributed by atoms with E-state index in [0.717, 1.165) is 12.8 Å². The van der Waals surface area contributed by atoms with Gasteiger partial charge in [-0.25, -0.2) is 33.2 Å². The number of rotatable bonds is 15. The number of aliphatic imine (C=N–C) groups is 2. The number of hydrogen-bond donors (Lipinski definition) is 4. The molecule has 0 spiro atoms. The van der Waals surface area contributed by atoms with Gasteiger partial charge < -0.3 is 37.9 Å². The standard InChI is InChI=1S/C44H69FN8O16/c1-15-16-17-23-62-36(57)50-32-26(45)24-53(35(56)49-32)33-31(65-28(54)20-18-19-27(47-37(58)66-41(3,4)5)48-38(59)67-42(6,7)8)30(25(2)63-33)64-29(55)21-22-46-34(51-39(60)68-43(9,10)11)52-40(61)69-44(12,13)14/h24-25,30-31,33H,15-23H2,1-14H3,(H,47,48,58,59)(H,49,50,56,57)(H2,46,51,52,60,61)/t25-,30-,31-,33-/m1/s1. The first-order valence-electron chi connectivity index (χ1n) is 22.4. The second kappa shape index (κ2) is 25.8. The number of amidine groups is 1. The third-order valence-corrected chi connectivity index (χ3v) is 8.22. The minimum Gasteiger partial charge on any atom is -0.455 e. The number of anilines is 1. The van der Waals surface area contributed by atoms with Gasteiger partial charge >= 0.3 is 48.1 Å². The summed E-state index contributed by atoms with van der Waals surface area (Å²) in [5.74, 6) is -4.50. The Labute approximate surface area is 400 Å². The fraction of sp³-hybridized carbons (Fsp3) is 0.705. The monoisotopic (exact) mass is 984 g/mol. The van der Waals surface area contributed by atoms with Gasteiger partial charge in [-0.05, 0) is 103 Å². The molecule has 1 aromatic heterocycles. The number of aromatic nitrogens is 2. The summed E-state index contributed by atoms with van der Waals surface area (Å²) in [6.07, 6.45) is -9.25. The van der Waals surface area contributed by atoms with Crippen LogP contribution in [0, 0.1) is 5.82 Å². The van der Waals surface area contributed by atoms with Crippen molar-refractivity contribution in [2.24, 2.45) is 9.98 Å². The summed E-state index contributed by atoms with van der Waals surface area (Å²) in [4.78, 5) is 114. The lowest BCUT2D eigenvalue weighted by Gasteiger charge is -2.25. The molecule has 5 amide bonds. The van der Waals surface area contributed by atoms with Gasteiger partial charge in [-0.1, -0.05) is 19.8 Å². The number of halogens is 1. The highest BCUT2D eigenvalue weighted by molar-refractivity contribution is 6.01. The normalized spacial score (nSPS) is 17.3. The average molecular weight is 985 g/mol. The molecule has 0 radical (unpaired) electrons. The third kappa shape index (κ3) is 23.9. The highest BCUT2D eigenvalue weighted by Gasteiger charge is 2.49. The van der Waals surface area contributed by atoms with Crippen LogP contribution in [0.1, 0.15) is 148 Å². The Balaban J connectivity index is 2.43. The van der Waals surface area contributed by atoms with Crippen molar-refractivity contribution in [2.45, 2.75) is 189 Å². The van der Waals surface area contributed by atoms with Crippen LogP contribution in [0.2, 0.25) is 0 Å². The SMILES string of the molecule is CCCCCOC(=O)Nc1nc(=O)n([C@@H]2O[C@H](C)[C@@H](OC(=O)CCN=C(NC(=O)OC(C)(C)C)NC(=O)OC(C)(C)C)[C@H]2OC(=O)CCCC(=NC(=O)OC(C)(C)C)NC(=O)OC(C)(C)C)cc1F. The molecule has 2 heterocycles. The van der Waals surface area contributed by atoms with E-state index in [1.165, 1.54) is 6.92 Å². The number of hydrogen-bond acceptors (Lipinski definition) is 18. The Morgan fingerprint density at radius 1 is 0.710 bits per heavy atom. The van der Waals surface area contributed by atoms with Gasteiger partial charge in [-0.15, -0.1) is 0 Å². The highest BCUT2D eigenvalue weighted by Crippen LogP contribution is 2.34. The van der Waals surface area contributed by atoms with Crippen molar-refractivity contribution in [3.8, 4) is 0 Å². The predicted molar refractivity (Wildman–Crippen MR) is 245 cm³/mol. The summed E-state index contributed by atoms with van der Waals surface area (Å²) < 4.78 is 59.6. The van der Waals surface area contributed by atoms with Gasteiger partial charge in [-0.2, -0.15) is 9.98 Å². The maximum Gasteiger partial charge on any atom is 0.435 e. The Morgan fingerprint density at radius 3 is 1.77 bits per heavy atom. The molecule has 1 aliphatic rings. The van der Waals surface area contributed by atoms with E-state index in [1.807, 2.05) is 6.92 Å². The first-order chi connectivity index (χ1) is 31.7. The molecular weight excluding hydrogens is 916 g/mol. The average Bonchev–Trinajstić information content (AvgIpc) is 3.44. The molecule has 1 aliphatic heterocycles. The molecular formula is C44H69FN8O16. The van der Waals surface area contributed by atoms with Crippen LogP contribution in [0.4, 0.5) is 34.2 Å². The smallest absolute Gasteiger partial charge is 0.435 e. The molecule has 0 aromatic carbocycles. The molecule has 2 rings (SSSR count). The first-order valence-corrected chi connectivity index (χ1v) is 22.4. The molecule has 1 aromatic rings. The lowest BCUT2D eigenvalue weighted by Crippen LogP contribution is -2.47. The molecule has 0 aliphatic carbocycles. The van der Waals surface area contributed by atoms with Gasteiger partial charge in [0, 0.05) is 12.8 Å². The minimum atomic E-state index is -1.66. The summed E-state index contributed by atoms with van der Waals surface area (Å²) in [5.41, 5.74) is -4.85. The fourth-order valence-corrected chi connectivity index (χ4v) is 5.64. The third-order valence-electron chi connectivity index (χ3n) is 8.22. The van der Waals surface area contributed by atoms with E-state index in [4.69, 9.17) is 37.9 Å². The van der Waals surface area contributed by atoms with E-state index in [-0.39, 0.29) is 25.3 Å². The number of alkyl carbamates (subject to hydrolysis) is 3. The second-order valence-electron chi connectivity index (χ2n) is 19.5. The van der Waals surface area contributed by atoms with Gasteiger partial charge in [0.15, 0.2) is 30.1 Å². The van der Waals surface area contributed by atoms with E-state index in [0.29, 0.717) is 17.2 Å². The van der Waals surface area contributed by atoms with Gasteiger partial charge in [0.25, 0.3) is 0 Å². The highest BCUT2D eigenvalue weighted by atomic mass is 19.1. The van der Waals surface area contributed by atoms with Crippen LogP contribution in [-0.2, 0) is 47.5 Å². The number of unbranched alkanes of at least 4 members (excludes halogenated alkanes) is 2. The molecule has 24 nitrogen and oxygen atoms in total. The maximum atomic E-state index is 15.5. The molecule has 4 atom stereocenters. The van der Waals surface area contributed by atoms with Gasteiger partial charge in [0.1, 0.15) is 28.2 Å². The topological polar surface area (TPSA) is 301 Å².